The molecule has 0 aromatic carbocycles. The van der Waals surface area contributed by atoms with Gasteiger partial charge in [0.1, 0.15) is 23.2 Å². The van der Waals surface area contributed by atoms with E-state index >= 15 is 0 Å². The predicted molar refractivity (Wildman–Crippen MR) is 76.4 cm³/mol. The van der Waals surface area contributed by atoms with Crippen LogP contribution in [-0.2, 0) is 0 Å². The molecule has 0 radical (unpaired) electrons. The van der Waals surface area contributed by atoms with E-state index in [2.05, 4.69) is 34.4 Å². The van der Waals surface area contributed by atoms with Crippen molar-refractivity contribution >= 4 is 11.6 Å². The smallest absolute Gasteiger partial charge is 0.135 e. The van der Waals surface area contributed by atoms with Gasteiger partial charge in [-0.1, -0.05) is 13.8 Å². The molecule has 0 bridgehead atoms. The standard InChI is InChI=1S/C14H20N4O/c1-9(2)14-17-12(15-4)8-13(18-14)16-10(3)11-6-5-7-19-11/h5-10H,1-4H3,(H2,15,16,17,18). The second kappa shape index (κ2) is 5.73. The Morgan fingerprint density at radius 3 is 2.47 bits per heavy atom. The minimum atomic E-state index is 0.0645. The van der Waals surface area contributed by atoms with E-state index in [1.54, 1.807) is 6.26 Å². The van der Waals surface area contributed by atoms with Gasteiger partial charge in [0, 0.05) is 19.0 Å². The van der Waals surface area contributed by atoms with Crippen molar-refractivity contribution in [1.29, 1.82) is 0 Å². The second-order valence-electron chi connectivity index (χ2n) is 4.78. The summed E-state index contributed by atoms with van der Waals surface area (Å²) in [7, 11) is 1.85. The lowest BCUT2D eigenvalue weighted by Gasteiger charge is -2.15. The molecule has 1 unspecified atom stereocenters. The topological polar surface area (TPSA) is 63.0 Å². The number of aromatic nitrogens is 2. The maximum atomic E-state index is 5.38. The molecule has 2 rings (SSSR count). The quantitative estimate of drug-likeness (QED) is 0.862. The van der Waals surface area contributed by atoms with Crippen molar-refractivity contribution in [2.75, 3.05) is 17.7 Å². The van der Waals surface area contributed by atoms with Gasteiger partial charge in [0.15, 0.2) is 0 Å². The highest BCUT2D eigenvalue weighted by molar-refractivity contribution is 5.48. The van der Waals surface area contributed by atoms with Gasteiger partial charge < -0.3 is 15.1 Å². The third-order valence-electron chi connectivity index (χ3n) is 2.85. The Balaban J connectivity index is 2.21. The van der Waals surface area contributed by atoms with Gasteiger partial charge in [-0.2, -0.15) is 0 Å². The number of rotatable bonds is 5. The lowest BCUT2D eigenvalue weighted by atomic mass is 10.2. The minimum absolute atomic E-state index is 0.0645. The molecule has 2 aromatic heterocycles. The predicted octanol–water partition coefficient (Wildman–Crippen LogP) is 3.41. The molecule has 0 saturated heterocycles. The zero-order valence-electron chi connectivity index (χ0n) is 11.8. The summed E-state index contributed by atoms with van der Waals surface area (Å²) in [6, 6.07) is 5.79. The van der Waals surface area contributed by atoms with Crippen molar-refractivity contribution in [3.8, 4) is 0 Å². The highest BCUT2D eigenvalue weighted by Crippen LogP contribution is 2.21. The van der Waals surface area contributed by atoms with Gasteiger partial charge in [-0.15, -0.1) is 0 Å². The van der Waals surface area contributed by atoms with Crippen LogP contribution in [0.25, 0.3) is 0 Å². The van der Waals surface area contributed by atoms with Crippen LogP contribution in [-0.4, -0.2) is 17.0 Å². The first-order valence-corrected chi connectivity index (χ1v) is 6.47. The molecule has 0 aliphatic carbocycles. The average molecular weight is 260 g/mol. The van der Waals surface area contributed by atoms with Crippen molar-refractivity contribution in [1.82, 2.24) is 9.97 Å². The van der Waals surface area contributed by atoms with Crippen LogP contribution in [0.4, 0.5) is 11.6 Å². The van der Waals surface area contributed by atoms with Crippen LogP contribution in [0, 0.1) is 0 Å². The van der Waals surface area contributed by atoms with E-state index in [-0.39, 0.29) is 12.0 Å². The van der Waals surface area contributed by atoms with Crippen LogP contribution < -0.4 is 10.6 Å². The van der Waals surface area contributed by atoms with Gasteiger partial charge in [-0.3, -0.25) is 0 Å². The third kappa shape index (κ3) is 3.24. The van der Waals surface area contributed by atoms with Gasteiger partial charge in [0.25, 0.3) is 0 Å². The molecular formula is C14H20N4O. The molecule has 5 heteroatoms. The van der Waals surface area contributed by atoms with E-state index < -0.39 is 0 Å². The van der Waals surface area contributed by atoms with E-state index in [9.17, 15) is 0 Å². The summed E-state index contributed by atoms with van der Waals surface area (Å²) in [6.07, 6.45) is 1.67. The summed E-state index contributed by atoms with van der Waals surface area (Å²) < 4.78 is 5.38. The zero-order valence-corrected chi connectivity index (χ0v) is 11.8. The van der Waals surface area contributed by atoms with Gasteiger partial charge in [-0.05, 0) is 19.1 Å². The normalized spacial score (nSPS) is 12.5. The van der Waals surface area contributed by atoms with Crippen molar-refractivity contribution in [3.05, 3.63) is 36.0 Å². The molecule has 0 saturated carbocycles. The van der Waals surface area contributed by atoms with Crippen LogP contribution in [0.3, 0.4) is 0 Å². The SMILES string of the molecule is CNc1cc(NC(C)c2ccco2)nc(C(C)C)n1. The third-order valence-corrected chi connectivity index (χ3v) is 2.85. The monoisotopic (exact) mass is 260 g/mol. The van der Waals surface area contributed by atoms with Crippen LogP contribution in [0.5, 0.6) is 0 Å². The molecule has 2 heterocycles. The Morgan fingerprint density at radius 1 is 1.16 bits per heavy atom. The molecule has 0 spiro atoms. The number of hydrogen-bond acceptors (Lipinski definition) is 5. The van der Waals surface area contributed by atoms with Crippen molar-refractivity contribution in [2.45, 2.75) is 32.7 Å². The molecule has 5 nitrogen and oxygen atoms in total. The summed E-state index contributed by atoms with van der Waals surface area (Å²) in [6.45, 7) is 6.19. The zero-order chi connectivity index (χ0) is 13.8. The Hall–Kier alpha value is -2.04. The van der Waals surface area contributed by atoms with Crippen LogP contribution >= 0.6 is 0 Å². The first kappa shape index (κ1) is 13.4. The fourth-order valence-corrected chi connectivity index (χ4v) is 1.76. The number of furan rings is 1. The average Bonchev–Trinajstić information content (AvgIpc) is 2.92. The summed E-state index contributed by atoms with van der Waals surface area (Å²) in [4.78, 5) is 8.96. The molecule has 0 fully saturated rings. The fraction of sp³-hybridized carbons (Fsp3) is 0.429. The van der Waals surface area contributed by atoms with E-state index in [1.165, 1.54) is 0 Å². The van der Waals surface area contributed by atoms with Gasteiger partial charge >= 0.3 is 0 Å². The van der Waals surface area contributed by atoms with E-state index in [0.29, 0.717) is 0 Å². The number of anilines is 2. The maximum Gasteiger partial charge on any atom is 0.135 e. The van der Waals surface area contributed by atoms with Gasteiger partial charge in [0.2, 0.25) is 0 Å². The lowest BCUT2D eigenvalue weighted by molar-refractivity contribution is 0.490. The molecular weight excluding hydrogens is 240 g/mol. The minimum Gasteiger partial charge on any atom is -0.467 e. The lowest BCUT2D eigenvalue weighted by Crippen LogP contribution is -2.10. The van der Waals surface area contributed by atoms with Crippen molar-refractivity contribution in [3.63, 3.8) is 0 Å². The molecule has 0 aliphatic rings. The summed E-state index contributed by atoms with van der Waals surface area (Å²) in [5.74, 6) is 3.60. The molecule has 102 valence electrons. The molecule has 2 N–H and O–H groups in total. The van der Waals surface area contributed by atoms with Crippen LogP contribution in [0.2, 0.25) is 0 Å². The Morgan fingerprint density at radius 2 is 1.89 bits per heavy atom. The molecule has 0 amide bonds. The highest BCUT2D eigenvalue weighted by atomic mass is 16.3. The number of hydrogen-bond donors (Lipinski definition) is 2. The number of nitrogens with one attached hydrogen (secondary N) is 2. The molecule has 0 aliphatic heterocycles. The van der Waals surface area contributed by atoms with Crippen molar-refractivity contribution < 1.29 is 4.42 Å². The molecule has 1 atom stereocenters. The van der Waals surface area contributed by atoms with Crippen LogP contribution in [0.15, 0.2) is 28.9 Å². The van der Waals surface area contributed by atoms with E-state index in [1.807, 2.05) is 32.2 Å². The maximum absolute atomic E-state index is 5.38. The van der Waals surface area contributed by atoms with Crippen molar-refractivity contribution in [2.24, 2.45) is 0 Å². The van der Waals surface area contributed by atoms with E-state index in [0.717, 1.165) is 23.2 Å². The first-order chi connectivity index (χ1) is 9.10. The summed E-state index contributed by atoms with van der Waals surface area (Å²) in [5.41, 5.74) is 0. The number of nitrogens with zero attached hydrogens (tertiary/aromatic N) is 2. The molecule has 19 heavy (non-hydrogen) atoms. The molecule has 2 aromatic rings. The fourth-order valence-electron chi connectivity index (χ4n) is 1.76. The Labute approximate surface area is 113 Å². The Bertz CT molecular complexity index is 522. The summed E-state index contributed by atoms with van der Waals surface area (Å²) in [5, 5.41) is 6.39. The second-order valence-corrected chi connectivity index (χ2v) is 4.78. The van der Waals surface area contributed by atoms with E-state index in [4.69, 9.17) is 4.42 Å². The Kier molecular flexibility index (Phi) is 4.04. The summed E-state index contributed by atoms with van der Waals surface area (Å²) >= 11 is 0. The first-order valence-electron chi connectivity index (χ1n) is 6.47. The highest BCUT2D eigenvalue weighted by Gasteiger charge is 2.12. The van der Waals surface area contributed by atoms with Gasteiger partial charge in [-0.25, -0.2) is 9.97 Å². The van der Waals surface area contributed by atoms with Gasteiger partial charge in [0.05, 0.1) is 12.3 Å². The van der Waals surface area contributed by atoms with Crippen LogP contribution in [0.1, 0.15) is 44.3 Å². The largest absolute Gasteiger partial charge is 0.467 e.